The summed E-state index contributed by atoms with van der Waals surface area (Å²) < 4.78 is 17.9. The molecule has 1 saturated heterocycles. The number of likely N-dealkylation sites (tertiary alicyclic amines) is 1. The molecule has 2 unspecified atom stereocenters. The normalized spacial score (nSPS) is 22.2. The van der Waals surface area contributed by atoms with Crippen LogP contribution in [0.2, 0.25) is 0 Å². The molecular weight excluding hydrogens is 850 g/mol. The number of carbonyl (C=O) groups is 5. The maximum Gasteiger partial charge on any atom is 0.410 e. The zero-order valence-corrected chi connectivity index (χ0v) is 41.9. The highest BCUT2D eigenvalue weighted by Gasteiger charge is 2.44. The number of ether oxygens (including phenoxy) is 3. The number of amides is 5. The summed E-state index contributed by atoms with van der Waals surface area (Å²) >= 11 is 0. The molecule has 5 amide bonds. The standard InChI is InChI=1S/C45H76N5O9PS2/c1-13-28(6)39(48(9)44(55)37(26(2)3)47-43(54)38(27(4)5)49(10)45(56)59-33-22-17-23-35(33)61-62-60)34(57-11)25-36(51)50-24-18-21-32(50)41(58-12)29(7)42(53)46-30(8)40(52)31-19-15-14-16-20-31/h14-16,19-20,26-30,32-35,37-41,52H,13,17-18,21-25,60H2,1-12H3,(H,46,53)(H,47,54)/t28-,29+,30+,32-,33-,34+,35-,37?,38-,39-,40+,41+/m0/s1. The summed E-state index contributed by atoms with van der Waals surface area (Å²) in [6.07, 6.45) is 1.74. The minimum Gasteiger partial charge on any atom is -0.445 e. The summed E-state index contributed by atoms with van der Waals surface area (Å²) in [5.41, 5.74) is 0.698. The number of carbonyl (C=O) groups excluding carboxylic acids is 5. The van der Waals surface area contributed by atoms with Gasteiger partial charge in [-0.05, 0) is 62.3 Å². The largest absolute Gasteiger partial charge is 0.445 e. The summed E-state index contributed by atoms with van der Waals surface area (Å²) in [5, 5.41) is 17.0. The van der Waals surface area contributed by atoms with Crippen LogP contribution in [-0.2, 0) is 33.4 Å². The second-order valence-corrected chi connectivity index (χ2v) is 21.7. The third-order valence-corrected chi connectivity index (χ3v) is 15.9. The van der Waals surface area contributed by atoms with E-state index in [1.165, 1.54) is 4.90 Å². The molecule has 1 aliphatic carbocycles. The van der Waals surface area contributed by atoms with Crippen molar-refractivity contribution in [3.05, 3.63) is 35.9 Å². The molecule has 0 aromatic heterocycles. The Balaban J connectivity index is 1.76. The molecule has 17 heteroatoms. The van der Waals surface area contributed by atoms with Crippen molar-refractivity contribution >= 4 is 59.4 Å². The minimum absolute atomic E-state index is 0.0197. The summed E-state index contributed by atoms with van der Waals surface area (Å²) in [7, 11) is 12.2. The van der Waals surface area contributed by atoms with E-state index in [0.29, 0.717) is 24.9 Å². The van der Waals surface area contributed by atoms with Crippen LogP contribution in [0, 0.1) is 23.7 Å². The molecule has 62 heavy (non-hydrogen) atoms. The highest BCUT2D eigenvalue weighted by molar-refractivity contribution is 8.94. The number of aliphatic hydroxyl groups excluding tert-OH is 1. The number of aliphatic hydroxyl groups is 1. The van der Waals surface area contributed by atoms with E-state index in [1.807, 2.05) is 71.9 Å². The van der Waals surface area contributed by atoms with Crippen molar-refractivity contribution in [2.75, 3.05) is 34.9 Å². The Morgan fingerprint density at radius 1 is 0.887 bits per heavy atom. The van der Waals surface area contributed by atoms with Gasteiger partial charge in [-0.25, -0.2) is 4.79 Å². The van der Waals surface area contributed by atoms with Gasteiger partial charge in [0.2, 0.25) is 23.6 Å². The lowest BCUT2D eigenvalue weighted by Crippen LogP contribution is -2.60. The number of rotatable bonds is 23. The molecular formula is C45H76N5O9PS2. The lowest BCUT2D eigenvalue weighted by molar-refractivity contribution is -0.148. The fourth-order valence-corrected chi connectivity index (χ4v) is 12.2. The van der Waals surface area contributed by atoms with Gasteiger partial charge >= 0.3 is 6.09 Å². The highest BCUT2D eigenvalue weighted by Crippen LogP contribution is 2.42. The van der Waals surface area contributed by atoms with E-state index in [-0.39, 0.29) is 59.3 Å². The molecule has 1 heterocycles. The number of benzene rings is 1. The molecule has 1 aromatic rings. The van der Waals surface area contributed by atoms with Crippen molar-refractivity contribution in [3.63, 3.8) is 0 Å². The molecule has 2 aliphatic rings. The van der Waals surface area contributed by atoms with Crippen molar-refractivity contribution in [1.82, 2.24) is 25.3 Å². The predicted molar refractivity (Wildman–Crippen MR) is 251 cm³/mol. The van der Waals surface area contributed by atoms with E-state index < -0.39 is 60.4 Å². The zero-order valence-electron chi connectivity index (χ0n) is 39.1. The van der Waals surface area contributed by atoms with E-state index in [9.17, 15) is 29.1 Å². The maximum absolute atomic E-state index is 14.6. The van der Waals surface area contributed by atoms with Crippen molar-refractivity contribution < 1.29 is 43.3 Å². The van der Waals surface area contributed by atoms with Gasteiger partial charge in [-0.1, -0.05) is 115 Å². The Hall–Kier alpha value is -2.62. The number of hydrogen-bond acceptors (Lipinski definition) is 11. The van der Waals surface area contributed by atoms with Gasteiger partial charge in [0, 0.05) is 34.9 Å². The van der Waals surface area contributed by atoms with E-state index in [0.717, 1.165) is 25.7 Å². The smallest absolute Gasteiger partial charge is 0.410 e. The predicted octanol–water partition coefficient (Wildman–Crippen LogP) is 6.47. The quantitative estimate of drug-likeness (QED) is 0.0814. The Morgan fingerprint density at radius 2 is 1.55 bits per heavy atom. The molecule has 3 N–H and O–H groups in total. The summed E-state index contributed by atoms with van der Waals surface area (Å²) in [6, 6.07) is 5.87. The van der Waals surface area contributed by atoms with Crippen molar-refractivity contribution in [2.24, 2.45) is 23.7 Å². The van der Waals surface area contributed by atoms with Crippen LogP contribution in [0.1, 0.15) is 112 Å². The van der Waals surface area contributed by atoms with Gasteiger partial charge in [-0.15, -0.1) is 0 Å². The minimum atomic E-state index is -0.929. The van der Waals surface area contributed by atoms with Gasteiger partial charge in [0.25, 0.3) is 0 Å². The number of methoxy groups -OCH3 is 2. The molecule has 13 atom stereocenters. The number of nitrogens with zero attached hydrogens (tertiary/aromatic N) is 3. The lowest BCUT2D eigenvalue weighted by Gasteiger charge is -2.41. The van der Waals surface area contributed by atoms with Gasteiger partial charge in [-0.2, -0.15) is 0 Å². The summed E-state index contributed by atoms with van der Waals surface area (Å²) in [6.45, 7) is 15.5. The molecule has 352 valence electrons. The zero-order chi connectivity index (χ0) is 46.4. The molecule has 1 aromatic carbocycles. The first-order valence-corrected chi connectivity index (χ1v) is 25.9. The fourth-order valence-electron chi connectivity index (χ4n) is 9.11. The number of nitrogens with one attached hydrogen (secondary N) is 2. The molecule has 1 saturated carbocycles. The highest BCUT2D eigenvalue weighted by atomic mass is 33.3. The van der Waals surface area contributed by atoms with E-state index in [4.69, 9.17) is 14.2 Å². The maximum atomic E-state index is 14.6. The van der Waals surface area contributed by atoms with Gasteiger partial charge < -0.3 is 39.8 Å². The second kappa shape index (κ2) is 25.8. The van der Waals surface area contributed by atoms with Crippen LogP contribution in [0.15, 0.2) is 30.3 Å². The van der Waals surface area contributed by atoms with Crippen LogP contribution >= 0.6 is 29.6 Å². The van der Waals surface area contributed by atoms with Gasteiger partial charge in [0.1, 0.15) is 18.2 Å². The Labute approximate surface area is 381 Å². The van der Waals surface area contributed by atoms with Crippen molar-refractivity contribution in [2.45, 2.75) is 160 Å². The lowest BCUT2D eigenvalue weighted by atomic mass is 9.89. The van der Waals surface area contributed by atoms with Crippen molar-refractivity contribution in [3.8, 4) is 0 Å². The van der Waals surface area contributed by atoms with Gasteiger partial charge in [-0.3, -0.25) is 24.1 Å². The van der Waals surface area contributed by atoms with Gasteiger partial charge in [0.05, 0.1) is 54.0 Å². The first-order valence-electron chi connectivity index (χ1n) is 22.3. The van der Waals surface area contributed by atoms with Crippen LogP contribution in [0.4, 0.5) is 4.79 Å². The van der Waals surface area contributed by atoms with E-state index in [2.05, 4.69) is 19.1 Å². The Kier molecular flexibility index (Phi) is 22.3. The average Bonchev–Trinajstić information content (AvgIpc) is 3.91. The van der Waals surface area contributed by atoms with Gasteiger partial charge in [0.15, 0.2) is 0 Å². The van der Waals surface area contributed by atoms with Crippen LogP contribution in [0.5, 0.6) is 0 Å². The monoisotopic (exact) mass is 925 g/mol. The SMILES string of the molecule is CC[C@H](C)[C@@H]([C@@H](CC(=O)N1CCC[C@H]1[C@H](OC)[C@@H](C)C(=O)N[C@H](C)[C@@H](O)c1ccccc1)OC)N(C)C(=O)C(NC(=O)[C@H](C(C)C)N(C)C(=O)O[C@H]1CCC[C@@H]1SSP)C(C)C. The molecule has 1 aliphatic heterocycles. The van der Waals surface area contributed by atoms with E-state index >= 15 is 0 Å². The number of likely N-dealkylation sites (N-methyl/N-ethyl adjacent to an activating group) is 2. The van der Waals surface area contributed by atoms with Crippen LogP contribution < -0.4 is 10.6 Å². The third-order valence-electron chi connectivity index (χ3n) is 12.9. The molecule has 3 rings (SSSR count). The van der Waals surface area contributed by atoms with Crippen LogP contribution in [0.3, 0.4) is 0 Å². The second-order valence-electron chi connectivity index (χ2n) is 17.9. The summed E-state index contributed by atoms with van der Waals surface area (Å²) in [5.74, 6) is -2.54. The third kappa shape index (κ3) is 13.9. The number of hydrogen-bond donors (Lipinski definition) is 3. The average molecular weight is 926 g/mol. The van der Waals surface area contributed by atoms with Crippen molar-refractivity contribution in [1.29, 1.82) is 0 Å². The van der Waals surface area contributed by atoms with Crippen LogP contribution in [-0.4, -0.2) is 138 Å². The molecule has 0 bridgehead atoms. The first kappa shape index (κ1) is 53.7. The first-order chi connectivity index (χ1) is 29.3. The molecule has 2 fully saturated rings. The topological polar surface area (TPSA) is 167 Å². The fraction of sp³-hybridized carbons (Fsp3) is 0.756. The Morgan fingerprint density at radius 3 is 2.11 bits per heavy atom. The molecule has 0 radical (unpaired) electrons. The Bertz CT molecular complexity index is 1600. The van der Waals surface area contributed by atoms with Crippen LogP contribution in [0.25, 0.3) is 0 Å². The molecule has 14 nitrogen and oxygen atoms in total. The van der Waals surface area contributed by atoms with E-state index in [1.54, 1.807) is 73.2 Å². The summed E-state index contributed by atoms with van der Waals surface area (Å²) in [4.78, 5) is 74.7. The molecule has 0 spiro atoms.